The maximum absolute atomic E-state index is 11.8. The molecule has 0 bridgehead atoms. The van der Waals surface area contributed by atoms with E-state index in [2.05, 4.69) is 4.98 Å². The molecule has 1 unspecified atom stereocenters. The Hall–Kier alpha value is -1.88. The van der Waals surface area contributed by atoms with Crippen LogP contribution in [-0.4, -0.2) is 24.0 Å². The molecule has 2 N–H and O–H groups in total. The first kappa shape index (κ1) is 10.3. The topological polar surface area (TPSA) is 72.4 Å². The lowest BCUT2D eigenvalue weighted by molar-refractivity contribution is -0.117. The molecule has 1 aromatic heterocycles. The molecule has 2 heterocycles. The highest BCUT2D eigenvalue weighted by Gasteiger charge is 2.32. The Morgan fingerprint density at radius 3 is 3.00 bits per heavy atom. The summed E-state index contributed by atoms with van der Waals surface area (Å²) in [6, 6.07) is 7.86. The summed E-state index contributed by atoms with van der Waals surface area (Å²) in [5, 5.41) is 0. The molecule has 1 amide bonds. The zero-order valence-electron chi connectivity index (χ0n) is 9.30. The largest absolute Gasteiger partial charge is 0.423 e. The summed E-state index contributed by atoms with van der Waals surface area (Å²) in [6.45, 7) is 1.12. The van der Waals surface area contributed by atoms with Crippen molar-refractivity contribution in [1.82, 2.24) is 4.98 Å². The number of carbonyl (C=O) groups excluding carboxylic acids is 1. The van der Waals surface area contributed by atoms with E-state index in [1.165, 1.54) is 0 Å². The van der Waals surface area contributed by atoms with Crippen molar-refractivity contribution in [3.63, 3.8) is 0 Å². The van der Waals surface area contributed by atoms with Crippen molar-refractivity contribution in [3.05, 3.63) is 24.3 Å². The van der Waals surface area contributed by atoms with Crippen LogP contribution in [0, 0.1) is 5.92 Å². The lowest BCUT2D eigenvalue weighted by Gasteiger charge is -2.10. The zero-order valence-corrected chi connectivity index (χ0v) is 9.30. The molecule has 1 atom stereocenters. The fourth-order valence-electron chi connectivity index (χ4n) is 2.10. The maximum atomic E-state index is 11.8. The van der Waals surface area contributed by atoms with Gasteiger partial charge in [-0.05, 0) is 24.6 Å². The summed E-state index contributed by atoms with van der Waals surface area (Å²) in [4.78, 5) is 17.7. The number of aromatic nitrogens is 1. The number of hydrogen-bond donors (Lipinski definition) is 1. The van der Waals surface area contributed by atoms with Crippen LogP contribution in [0.25, 0.3) is 11.1 Å². The number of nitrogens with two attached hydrogens (primary N) is 1. The monoisotopic (exact) mass is 231 g/mol. The zero-order chi connectivity index (χ0) is 11.8. The van der Waals surface area contributed by atoms with Crippen LogP contribution in [0.3, 0.4) is 0 Å². The minimum atomic E-state index is 0.0343. The minimum absolute atomic E-state index is 0.0343. The van der Waals surface area contributed by atoms with Crippen LogP contribution in [-0.2, 0) is 4.79 Å². The number of fused-ring (bicyclic) bond motifs is 1. The highest BCUT2D eigenvalue weighted by molar-refractivity contribution is 5.94. The lowest BCUT2D eigenvalue weighted by Crippen LogP contribution is -2.25. The Morgan fingerprint density at radius 2 is 2.29 bits per heavy atom. The standard InChI is InChI=1S/C12H13N3O2/c13-6-8-5-11(16)15(7-8)12-14-9-3-1-2-4-10(9)17-12/h1-4,8H,5-7,13H2. The second-order valence-corrected chi connectivity index (χ2v) is 4.27. The molecule has 0 spiro atoms. The third-order valence-corrected chi connectivity index (χ3v) is 3.05. The van der Waals surface area contributed by atoms with E-state index in [1.54, 1.807) is 4.90 Å². The van der Waals surface area contributed by atoms with Crippen LogP contribution in [0.5, 0.6) is 0 Å². The van der Waals surface area contributed by atoms with Crippen LogP contribution in [0.15, 0.2) is 28.7 Å². The van der Waals surface area contributed by atoms with Crippen LogP contribution in [0.2, 0.25) is 0 Å². The van der Waals surface area contributed by atoms with E-state index in [0.717, 1.165) is 5.52 Å². The molecule has 0 saturated carbocycles. The summed E-state index contributed by atoms with van der Waals surface area (Å²) in [7, 11) is 0. The van der Waals surface area contributed by atoms with Gasteiger partial charge in [0, 0.05) is 13.0 Å². The Bertz CT molecular complexity index is 531. The summed E-state index contributed by atoms with van der Waals surface area (Å²) < 4.78 is 5.57. The molecular formula is C12H13N3O2. The van der Waals surface area contributed by atoms with E-state index < -0.39 is 0 Å². The van der Waals surface area contributed by atoms with E-state index in [4.69, 9.17) is 10.2 Å². The van der Waals surface area contributed by atoms with Crippen LogP contribution in [0.4, 0.5) is 6.01 Å². The van der Waals surface area contributed by atoms with Crippen LogP contribution in [0.1, 0.15) is 6.42 Å². The fraction of sp³-hybridized carbons (Fsp3) is 0.333. The number of para-hydroxylation sites is 2. The molecule has 1 aliphatic heterocycles. The average molecular weight is 231 g/mol. The van der Waals surface area contributed by atoms with Crippen molar-refractivity contribution in [3.8, 4) is 0 Å². The number of oxazole rings is 1. The predicted molar refractivity (Wildman–Crippen MR) is 63.5 cm³/mol. The minimum Gasteiger partial charge on any atom is -0.423 e. The van der Waals surface area contributed by atoms with Crippen LogP contribution < -0.4 is 10.6 Å². The van der Waals surface area contributed by atoms with Gasteiger partial charge in [0.05, 0.1) is 0 Å². The summed E-state index contributed by atoms with van der Waals surface area (Å²) in [5.74, 6) is 0.240. The van der Waals surface area contributed by atoms with E-state index in [1.807, 2.05) is 24.3 Å². The second-order valence-electron chi connectivity index (χ2n) is 4.27. The van der Waals surface area contributed by atoms with E-state index in [9.17, 15) is 4.79 Å². The number of anilines is 1. The van der Waals surface area contributed by atoms with Crippen molar-refractivity contribution >= 4 is 23.0 Å². The van der Waals surface area contributed by atoms with Crippen molar-refractivity contribution in [1.29, 1.82) is 0 Å². The molecule has 1 saturated heterocycles. The molecule has 3 rings (SSSR count). The fourth-order valence-corrected chi connectivity index (χ4v) is 2.10. The quantitative estimate of drug-likeness (QED) is 0.841. The van der Waals surface area contributed by atoms with Crippen molar-refractivity contribution < 1.29 is 9.21 Å². The van der Waals surface area contributed by atoms with Crippen LogP contribution >= 0.6 is 0 Å². The molecule has 5 heteroatoms. The summed E-state index contributed by atoms with van der Waals surface area (Å²) in [5.41, 5.74) is 7.05. The Balaban J connectivity index is 1.96. The smallest absolute Gasteiger partial charge is 0.305 e. The normalized spacial score (nSPS) is 20.4. The highest BCUT2D eigenvalue weighted by Crippen LogP contribution is 2.27. The van der Waals surface area contributed by atoms with E-state index in [-0.39, 0.29) is 11.8 Å². The van der Waals surface area contributed by atoms with Gasteiger partial charge in [-0.25, -0.2) is 0 Å². The first-order chi connectivity index (χ1) is 8.28. The number of hydrogen-bond acceptors (Lipinski definition) is 4. The van der Waals surface area contributed by atoms with Crippen molar-refractivity contribution in [2.24, 2.45) is 11.7 Å². The van der Waals surface area contributed by atoms with Gasteiger partial charge in [-0.1, -0.05) is 12.1 Å². The molecule has 1 aliphatic rings. The second kappa shape index (κ2) is 3.85. The molecule has 5 nitrogen and oxygen atoms in total. The Kier molecular flexibility index (Phi) is 2.33. The molecule has 1 fully saturated rings. The molecule has 1 aromatic carbocycles. The van der Waals surface area contributed by atoms with Gasteiger partial charge >= 0.3 is 6.01 Å². The average Bonchev–Trinajstić information content (AvgIpc) is 2.91. The molecular weight excluding hydrogens is 218 g/mol. The van der Waals surface area contributed by atoms with Gasteiger partial charge in [-0.15, -0.1) is 0 Å². The summed E-state index contributed by atoms with van der Waals surface area (Å²) >= 11 is 0. The lowest BCUT2D eigenvalue weighted by atomic mass is 10.1. The van der Waals surface area contributed by atoms with Gasteiger partial charge in [-0.3, -0.25) is 9.69 Å². The molecule has 88 valence electrons. The third-order valence-electron chi connectivity index (χ3n) is 3.05. The Morgan fingerprint density at radius 1 is 1.47 bits per heavy atom. The molecule has 17 heavy (non-hydrogen) atoms. The molecule has 0 aliphatic carbocycles. The van der Waals surface area contributed by atoms with Gasteiger partial charge in [0.1, 0.15) is 5.52 Å². The first-order valence-electron chi connectivity index (χ1n) is 5.64. The predicted octanol–water partition coefficient (Wildman–Crippen LogP) is 1.14. The number of carbonyl (C=O) groups is 1. The van der Waals surface area contributed by atoms with E-state index in [0.29, 0.717) is 31.1 Å². The number of amides is 1. The van der Waals surface area contributed by atoms with Crippen molar-refractivity contribution in [2.75, 3.05) is 18.0 Å². The first-order valence-corrected chi connectivity index (χ1v) is 5.64. The summed E-state index contributed by atoms with van der Waals surface area (Å²) in [6.07, 6.45) is 0.481. The maximum Gasteiger partial charge on any atom is 0.305 e. The van der Waals surface area contributed by atoms with Crippen molar-refractivity contribution in [2.45, 2.75) is 6.42 Å². The Labute approximate surface area is 98.2 Å². The van der Waals surface area contributed by atoms with Gasteiger partial charge in [-0.2, -0.15) is 4.98 Å². The number of rotatable bonds is 2. The van der Waals surface area contributed by atoms with Gasteiger partial charge in [0.15, 0.2) is 5.58 Å². The highest BCUT2D eigenvalue weighted by atomic mass is 16.4. The van der Waals surface area contributed by atoms with Gasteiger partial charge in [0.2, 0.25) is 5.91 Å². The van der Waals surface area contributed by atoms with Gasteiger partial charge < -0.3 is 10.2 Å². The molecule has 2 aromatic rings. The third kappa shape index (κ3) is 1.68. The number of benzene rings is 1. The SMILES string of the molecule is NCC1CC(=O)N(c2nc3ccccc3o2)C1. The number of nitrogens with zero attached hydrogens (tertiary/aromatic N) is 2. The van der Waals surface area contributed by atoms with Gasteiger partial charge in [0.25, 0.3) is 0 Å². The van der Waals surface area contributed by atoms with E-state index >= 15 is 0 Å². The molecule has 0 radical (unpaired) electrons.